The molecule has 1 saturated carbocycles. The molecule has 1 aromatic rings. The largest absolute Gasteiger partial charge is 0.465 e. The standard InChI is InChI=1S/C19H29NO2/c1-5-6-11-20-18(16-8-7-12-21-16)22-17-13-14(2)9-10-15(17)19(20,3)4/h5-8,12,14-15,17-18H,9-11,13H2,1-4H3/b6-5+/t14-,15-,17-,18+/m1/s1. The average Bonchev–Trinajstić information content (AvgIpc) is 2.99. The van der Waals surface area contributed by atoms with Crippen LogP contribution in [-0.2, 0) is 4.74 Å². The zero-order valence-corrected chi connectivity index (χ0v) is 14.3. The Morgan fingerprint density at radius 2 is 2.18 bits per heavy atom. The topological polar surface area (TPSA) is 25.6 Å². The highest BCUT2D eigenvalue weighted by Gasteiger charge is 2.51. The lowest BCUT2D eigenvalue weighted by Gasteiger charge is -2.56. The van der Waals surface area contributed by atoms with Crippen molar-refractivity contribution in [1.29, 1.82) is 0 Å². The molecule has 1 aliphatic heterocycles. The van der Waals surface area contributed by atoms with Gasteiger partial charge in [0.25, 0.3) is 0 Å². The van der Waals surface area contributed by atoms with E-state index in [0.717, 1.165) is 18.2 Å². The molecule has 0 amide bonds. The van der Waals surface area contributed by atoms with Gasteiger partial charge in [0.15, 0.2) is 6.23 Å². The molecule has 1 saturated heterocycles. The summed E-state index contributed by atoms with van der Waals surface area (Å²) in [4.78, 5) is 2.46. The summed E-state index contributed by atoms with van der Waals surface area (Å²) >= 11 is 0. The number of ether oxygens (including phenoxy) is 1. The molecule has 2 heterocycles. The maximum atomic E-state index is 6.55. The molecule has 1 aliphatic carbocycles. The Labute approximate surface area is 134 Å². The van der Waals surface area contributed by atoms with Crippen molar-refractivity contribution in [3.8, 4) is 0 Å². The fraction of sp³-hybridized carbons (Fsp3) is 0.684. The van der Waals surface area contributed by atoms with Crippen molar-refractivity contribution in [2.45, 2.75) is 64.8 Å². The van der Waals surface area contributed by atoms with Gasteiger partial charge in [0.1, 0.15) is 5.76 Å². The van der Waals surface area contributed by atoms with E-state index in [-0.39, 0.29) is 11.8 Å². The Morgan fingerprint density at radius 3 is 2.86 bits per heavy atom. The molecule has 2 aliphatic rings. The van der Waals surface area contributed by atoms with Gasteiger partial charge in [-0.2, -0.15) is 0 Å². The molecular formula is C19H29NO2. The van der Waals surface area contributed by atoms with Crippen molar-refractivity contribution in [2.24, 2.45) is 11.8 Å². The third-order valence-electron chi connectivity index (χ3n) is 5.61. The number of fused-ring (bicyclic) bond motifs is 1. The first-order valence-electron chi connectivity index (χ1n) is 8.60. The van der Waals surface area contributed by atoms with Gasteiger partial charge in [0, 0.05) is 18.0 Å². The molecule has 4 atom stereocenters. The van der Waals surface area contributed by atoms with Crippen LogP contribution in [0.1, 0.15) is 58.9 Å². The van der Waals surface area contributed by atoms with Gasteiger partial charge in [-0.05, 0) is 51.7 Å². The number of rotatable bonds is 3. The molecule has 3 heteroatoms. The van der Waals surface area contributed by atoms with Gasteiger partial charge >= 0.3 is 0 Å². The molecular weight excluding hydrogens is 274 g/mol. The van der Waals surface area contributed by atoms with Crippen molar-refractivity contribution >= 4 is 0 Å². The van der Waals surface area contributed by atoms with Crippen LogP contribution in [-0.4, -0.2) is 23.1 Å². The van der Waals surface area contributed by atoms with Gasteiger partial charge < -0.3 is 9.15 Å². The molecule has 3 nitrogen and oxygen atoms in total. The Kier molecular flexibility index (Phi) is 4.47. The Morgan fingerprint density at radius 1 is 1.36 bits per heavy atom. The lowest BCUT2D eigenvalue weighted by atomic mass is 9.69. The van der Waals surface area contributed by atoms with Crippen molar-refractivity contribution in [1.82, 2.24) is 4.90 Å². The second-order valence-electron chi connectivity index (χ2n) is 7.44. The van der Waals surface area contributed by atoms with E-state index in [1.807, 2.05) is 12.1 Å². The fourth-order valence-electron chi connectivity index (χ4n) is 4.24. The second-order valence-corrected chi connectivity index (χ2v) is 7.44. The van der Waals surface area contributed by atoms with E-state index in [1.54, 1.807) is 6.26 Å². The van der Waals surface area contributed by atoms with Crippen LogP contribution < -0.4 is 0 Å². The zero-order valence-electron chi connectivity index (χ0n) is 14.3. The van der Waals surface area contributed by atoms with Gasteiger partial charge in [-0.3, -0.25) is 4.90 Å². The molecule has 0 spiro atoms. The Hall–Kier alpha value is -1.06. The number of nitrogens with zero attached hydrogens (tertiary/aromatic N) is 1. The maximum absolute atomic E-state index is 6.55. The van der Waals surface area contributed by atoms with E-state index >= 15 is 0 Å². The van der Waals surface area contributed by atoms with Crippen LogP contribution in [0, 0.1) is 11.8 Å². The summed E-state index contributed by atoms with van der Waals surface area (Å²) in [5.74, 6) is 2.28. The third-order valence-corrected chi connectivity index (χ3v) is 5.61. The number of allylic oxidation sites excluding steroid dienone is 1. The molecule has 0 N–H and O–H groups in total. The number of furan rings is 1. The fourth-order valence-corrected chi connectivity index (χ4v) is 4.24. The third kappa shape index (κ3) is 2.77. The summed E-state index contributed by atoms with van der Waals surface area (Å²) in [6.07, 6.45) is 10.1. The second kappa shape index (κ2) is 6.21. The molecule has 0 bridgehead atoms. The summed E-state index contributed by atoms with van der Waals surface area (Å²) in [6.45, 7) is 10.1. The summed E-state index contributed by atoms with van der Waals surface area (Å²) in [6, 6.07) is 3.99. The van der Waals surface area contributed by atoms with Gasteiger partial charge in [-0.25, -0.2) is 0 Å². The first kappa shape index (κ1) is 15.8. The molecule has 0 radical (unpaired) electrons. The van der Waals surface area contributed by atoms with E-state index < -0.39 is 0 Å². The van der Waals surface area contributed by atoms with Crippen LogP contribution in [0.5, 0.6) is 0 Å². The van der Waals surface area contributed by atoms with Gasteiger partial charge in [-0.15, -0.1) is 0 Å². The lowest BCUT2D eigenvalue weighted by molar-refractivity contribution is -0.239. The van der Waals surface area contributed by atoms with Crippen molar-refractivity contribution < 1.29 is 9.15 Å². The van der Waals surface area contributed by atoms with Crippen molar-refractivity contribution in [3.05, 3.63) is 36.3 Å². The van der Waals surface area contributed by atoms with Crippen LogP contribution in [0.4, 0.5) is 0 Å². The van der Waals surface area contributed by atoms with Crippen LogP contribution in [0.25, 0.3) is 0 Å². The number of hydrogen-bond donors (Lipinski definition) is 0. The minimum absolute atomic E-state index is 0.0762. The Balaban J connectivity index is 1.93. The lowest BCUT2D eigenvalue weighted by Crippen LogP contribution is -2.61. The molecule has 122 valence electrons. The first-order chi connectivity index (χ1) is 10.5. The molecule has 1 aromatic heterocycles. The predicted octanol–water partition coefficient (Wildman–Crippen LogP) is 4.77. The van der Waals surface area contributed by atoms with Crippen molar-refractivity contribution in [3.63, 3.8) is 0 Å². The van der Waals surface area contributed by atoms with Crippen molar-refractivity contribution in [2.75, 3.05) is 6.54 Å². The minimum Gasteiger partial charge on any atom is -0.465 e. The van der Waals surface area contributed by atoms with E-state index in [0.29, 0.717) is 12.0 Å². The summed E-state index contributed by atoms with van der Waals surface area (Å²) in [5, 5.41) is 0. The van der Waals surface area contributed by atoms with Crippen LogP contribution in [0.15, 0.2) is 35.0 Å². The predicted molar refractivity (Wildman–Crippen MR) is 88.4 cm³/mol. The van der Waals surface area contributed by atoms with Crippen LogP contribution >= 0.6 is 0 Å². The first-order valence-corrected chi connectivity index (χ1v) is 8.60. The monoisotopic (exact) mass is 303 g/mol. The van der Waals surface area contributed by atoms with E-state index in [9.17, 15) is 0 Å². The highest BCUT2D eigenvalue weighted by atomic mass is 16.5. The van der Waals surface area contributed by atoms with Crippen LogP contribution in [0.2, 0.25) is 0 Å². The maximum Gasteiger partial charge on any atom is 0.170 e. The quantitative estimate of drug-likeness (QED) is 0.752. The highest BCUT2D eigenvalue weighted by molar-refractivity contribution is 5.10. The SMILES string of the molecule is C/C=C/CN1[C@H](c2ccco2)O[C@@H]2C[C@H](C)CC[C@H]2C1(C)C. The molecule has 3 rings (SSSR count). The summed E-state index contributed by atoms with van der Waals surface area (Å²) in [7, 11) is 0. The normalized spacial score (nSPS) is 35.6. The molecule has 2 fully saturated rings. The molecule has 0 aromatic carbocycles. The summed E-state index contributed by atoms with van der Waals surface area (Å²) in [5.41, 5.74) is 0.111. The molecule has 22 heavy (non-hydrogen) atoms. The Bertz CT molecular complexity index is 506. The zero-order chi connectivity index (χ0) is 15.7. The van der Waals surface area contributed by atoms with E-state index in [1.165, 1.54) is 19.3 Å². The van der Waals surface area contributed by atoms with Gasteiger partial charge in [0.05, 0.1) is 12.4 Å². The van der Waals surface area contributed by atoms with E-state index in [4.69, 9.17) is 9.15 Å². The minimum atomic E-state index is -0.0762. The molecule has 0 unspecified atom stereocenters. The average molecular weight is 303 g/mol. The van der Waals surface area contributed by atoms with Crippen LogP contribution in [0.3, 0.4) is 0 Å². The van der Waals surface area contributed by atoms with Gasteiger partial charge in [0.2, 0.25) is 0 Å². The highest BCUT2D eigenvalue weighted by Crippen LogP contribution is 2.48. The smallest absolute Gasteiger partial charge is 0.170 e. The number of hydrogen-bond acceptors (Lipinski definition) is 3. The van der Waals surface area contributed by atoms with Gasteiger partial charge in [-0.1, -0.05) is 25.5 Å². The summed E-state index contributed by atoms with van der Waals surface area (Å²) < 4.78 is 12.2. The van der Waals surface area contributed by atoms with E-state index in [2.05, 4.69) is 44.7 Å².